The van der Waals surface area contributed by atoms with Crippen LogP contribution in [0.5, 0.6) is 0 Å². The second kappa shape index (κ2) is 15.5. The molecular formula is C28H28N6O7S3. The quantitative estimate of drug-likeness (QED) is 0.102. The number of aryl methyl sites for hydroxylation is 2. The molecule has 3 N–H and O–H groups in total. The van der Waals surface area contributed by atoms with E-state index in [1.165, 1.54) is 30.4 Å². The number of thioether (sulfide) groups is 1. The van der Waals surface area contributed by atoms with E-state index in [0.717, 1.165) is 29.0 Å². The van der Waals surface area contributed by atoms with Crippen LogP contribution in [-0.2, 0) is 47.3 Å². The number of benzene rings is 2. The first-order chi connectivity index (χ1) is 21.1. The number of rotatable bonds is 14. The van der Waals surface area contributed by atoms with Crippen molar-refractivity contribution >= 4 is 68.5 Å². The van der Waals surface area contributed by atoms with Crippen LogP contribution in [0.3, 0.4) is 0 Å². The lowest BCUT2D eigenvalue weighted by Crippen LogP contribution is -2.44. The van der Waals surface area contributed by atoms with E-state index < -0.39 is 35.6 Å². The number of anilines is 2. The van der Waals surface area contributed by atoms with Crippen molar-refractivity contribution in [2.24, 2.45) is 0 Å². The Hall–Kier alpha value is -4.25. The maximum absolute atomic E-state index is 12.9. The highest BCUT2D eigenvalue weighted by Crippen LogP contribution is 2.27. The van der Waals surface area contributed by atoms with Gasteiger partial charge in [-0.3, -0.25) is 29.8 Å². The first kappa shape index (κ1) is 32.7. The van der Waals surface area contributed by atoms with Gasteiger partial charge in [0.15, 0.2) is 0 Å². The zero-order valence-corrected chi connectivity index (χ0v) is 26.0. The topological polar surface area (TPSA) is 183 Å². The van der Waals surface area contributed by atoms with Gasteiger partial charge in [0, 0.05) is 37.8 Å². The first-order valence-corrected chi connectivity index (χ1v) is 16.0. The van der Waals surface area contributed by atoms with E-state index in [1.54, 1.807) is 60.3 Å². The van der Waals surface area contributed by atoms with E-state index in [0.29, 0.717) is 34.3 Å². The summed E-state index contributed by atoms with van der Waals surface area (Å²) in [6, 6.07) is 16.6. The van der Waals surface area contributed by atoms with Gasteiger partial charge in [0.05, 0.1) is 0 Å². The number of carbonyl (C=O) groups excluding carboxylic acids is 4. The number of nitrogens with one attached hydrogen (secondary N) is 2. The molecule has 13 nitrogen and oxygen atoms in total. The standard InChI is InChI=1S/C28H28N6O7S3/c1-17(35)40-23(19-9-5-3-6-10-19)24(37)29-26-33-31-21(43-26)13-15-42-16-14-22-32-34-27(44-22)30-25(38)28(39,41-18(2)36)20-11-7-4-8-12-20/h3-12,23,39H,13-16H2,1-2H3,(H,29,33,37)(H,30,34,38)/t23-,28?/m0/s1. The molecular weight excluding hydrogens is 629 g/mol. The summed E-state index contributed by atoms with van der Waals surface area (Å²) in [5, 5.41) is 34.1. The van der Waals surface area contributed by atoms with E-state index in [9.17, 15) is 24.3 Å². The number of nitrogens with zero attached hydrogens (tertiary/aromatic N) is 4. The average Bonchev–Trinajstić information content (AvgIpc) is 3.65. The number of amides is 2. The molecule has 0 saturated carbocycles. The van der Waals surface area contributed by atoms with Crippen molar-refractivity contribution in [3.8, 4) is 0 Å². The van der Waals surface area contributed by atoms with Crippen molar-refractivity contribution in [2.45, 2.75) is 38.6 Å². The number of aromatic nitrogens is 4. The highest BCUT2D eigenvalue weighted by Gasteiger charge is 2.42. The van der Waals surface area contributed by atoms with Crippen LogP contribution < -0.4 is 10.6 Å². The van der Waals surface area contributed by atoms with E-state index >= 15 is 0 Å². The van der Waals surface area contributed by atoms with Gasteiger partial charge in [-0.15, -0.1) is 20.4 Å². The fourth-order valence-electron chi connectivity index (χ4n) is 3.76. The second-order valence-electron chi connectivity index (χ2n) is 9.06. The molecule has 0 aliphatic carbocycles. The fourth-order valence-corrected chi connectivity index (χ4v) is 6.37. The van der Waals surface area contributed by atoms with Gasteiger partial charge in [0.2, 0.25) is 16.4 Å². The van der Waals surface area contributed by atoms with Crippen LogP contribution in [0, 0.1) is 0 Å². The summed E-state index contributed by atoms with van der Waals surface area (Å²) in [4.78, 5) is 48.8. The molecule has 4 rings (SSSR count). The summed E-state index contributed by atoms with van der Waals surface area (Å²) in [7, 11) is 0. The minimum Gasteiger partial charge on any atom is -0.447 e. The van der Waals surface area contributed by atoms with Gasteiger partial charge in [-0.2, -0.15) is 11.8 Å². The Labute approximate surface area is 264 Å². The van der Waals surface area contributed by atoms with Crippen LogP contribution in [0.1, 0.15) is 41.1 Å². The third-order valence-corrected chi connectivity index (χ3v) is 8.48. The highest BCUT2D eigenvalue weighted by molar-refractivity contribution is 7.99. The predicted molar refractivity (Wildman–Crippen MR) is 165 cm³/mol. The molecule has 2 amide bonds. The Morgan fingerprint density at radius 3 is 1.91 bits per heavy atom. The molecule has 0 aliphatic heterocycles. The molecule has 2 aromatic carbocycles. The van der Waals surface area contributed by atoms with Crippen LogP contribution in [0.15, 0.2) is 60.7 Å². The zero-order valence-electron chi connectivity index (χ0n) is 23.6. The molecule has 1 unspecified atom stereocenters. The summed E-state index contributed by atoms with van der Waals surface area (Å²) in [5.41, 5.74) is 0.638. The fraction of sp³-hybridized carbons (Fsp3) is 0.286. The minimum absolute atomic E-state index is 0.0946. The first-order valence-electron chi connectivity index (χ1n) is 13.2. The summed E-state index contributed by atoms with van der Waals surface area (Å²) >= 11 is 4.04. The Balaban J connectivity index is 1.22. The van der Waals surface area contributed by atoms with Crippen molar-refractivity contribution in [3.05, 3.63) is 81.8 Å². The summed E-state index contributed by atoms with van der Waals surface area (Å²) < 4.78 is 10.2. The van der Waals surface area contributed by atoms with Crippen LogP contribution in [0.4, 0.5) is 10.3 Å². The molecule has 0 bridgehead atoms. The monoisotopic (exact) mass is 656 g/mol. The number of ether oxygens (including phenoxy) is 2. The number of aliphatic hydroxyl groups is 1. The highest BCUT2D eigenvalue weighted by atomic mass is 32.2. The van der Waals surface area contributed by atoms with Gasteiger partial charge in [-0.25, -0.2) is 0 Å². The lowest BCUT2D eigenvalue weighted by Gasteiger charge is -2.25. The smallest absolute Gasteiger partial charge is 0.318 e. The molecule has 0 radical (unpaired) electrons. The average molecular weight is 657 g/mol. The third-order valence-electron chi connectivity index (χ3n) is 5.69. The number of carbonyl (C=O) groups is 4. The molecule has 230 valence electrons. The van der Waals surface area contributed by atoms with Crippen LogP contribution in [0.25, 0.3) is 0 Å². The van der Waals surface area contributed by atoms with Gasteiger partial charge in [-0.05, 0) is 11.5 Å². The Morgan fingerprint density at radius 2 is 1.36 bits per heavy atom. The Kier molecular flexibility index (Phi) is 11.5. The van der Waals surface area contributed by atoms with Crippen LogP contribution in [0.2, 0.25) is 0 Å². The van der Waals surface area contributed by atoms with Gasteiger partial charge in [0.1, 0.15) is 10.0 Å². The molecule has 0 spiro atoms. The summed E-state index contributed by atoms with van der Waals surface area (Å²) in [6.45, 7) is 2.34. The molecule has 2 aromatic heterocycles. The van der Waals surface area contributed by atoms with Gasteiger partial charge < -0.3 is 14.6 Å². The molecule has 2 atom stereocenters. The lowest BCUT2D eigenvalue weighted by atomic mass is 10.1. The van der Waals surface area contributed by atoms with E-state index in [4.69, 9.17) is 9.47 Å². The van der Waals surface area contributed by atoms with Crippen molar-refractivity contribution < 1.29 is 33.8 Å². The predicted octanol–water partition coefficient (Wildman–Crippen LogP) is 3.50. The number of esters is 2. The molecule has 0 aliphatic rings. The lowest BCUT2D eigenvalue weighted by molar-refractivity contribution is -0.210. The number of hydrogen-bond donors (Lipinski definition) is 3. The van der Waals surface area contributed by atoms with Crippen LogP contribution >= 0.6 is 34.4 Å². The Bertz CT molecular complexity index is 1580. The van der Waals surface area contributed by atoms with Crippen molar-refractivity contribution in [1.82, 2.24) is 20.4 Å². The molecule has 44 heavy (non-hydrogen) atoms. The molecule has 2 heterocycles. The largest absolute Gasteiger partial charge is 0.447 e. The zero-order chi connectivity index (χ0) is 31.5. The minimum atomic E-state index is -2.52. The normalized spacial score (nSPS) is 12.9. The van der Waals surface area contributed by atoms with E-state index in [-0.39, 0.29) is 10.7 Å². The maximum atomic E-state index is 12.9. The molecule has 4 aromatic rings. The van der Waals surface area contributed by atoms with E-state index in [2.05, 4.69) is 31.0 Å². The second-order valence-corrected chi connectivity index (χ2v) is 12.4. The third kappa shape index (κ3) is 9.12. The van der Waals surface area contributed by atoms with Crippen molar-refractivity contribution in [2.75, 3.05) is 22.1 Å². The van der Waals surface area contributed by atoms with Gasteiger partial charge in [-0.1, -0.05) is 83.3 Å². The summed E-state index contributed by atoms with van der Waals surface area (Å²) in [6.07, 6.45) is 0.102. The SMILES string of the molecule is CC(=O)O[C@H](C(=O)Nc1nnc(CCSCCc2nnc(NC(=O)C(O)(OC(C)=O)c3ccccc3)s2)s1)c1ccccc1. The Morgan fingerprint density at radius 1 is 0.818 bits per heavy atom. The number of hydrogen-bond acceptors (Lipinski definition) is 14. The molecule has 0 fully saturated rings. The summed E-state index contributed by atoms with van der Waals surface area (Å²) in [5.74, 6) is -3.96. The van der Waals surface area contributed by atoms with Gasteiger partial charge >= 0.3 is 23.6 Å². The van der Waals surface area contributed by atoms with Gasteiger partial charge in [0.25, 0.3) is 5.91 Å². The van der Waals surface area contributed by atoms with Crippen molar-refractivity contribution in [3.63, 3.8) is 0 Å². The van der Waals surface area contributed by atoms with Crippen molar-refractivity contribution in [1.29, 1.82) is 0 Å². The van der Waals surface area contributed by atoms with E-state index in [1.807, 2.05) is 0 Å². The molecule has 0 saturated heterocycles. The van der Waals surface area contributed by atoms with Crippen LogP contribution in [-0.4, -0.2) is 60.8 Å². The maximum Gasteiger partial charge on any atom is 0.318 e. The molecule has 16 heteroatoms.